The molecule has 1 aliphatic heterocycles. The zero-order chi connectivity index (χ0) is 19.4. The van der Waals surface area contributed by atoms with Gasteiger partial charge in [0.15, 0.2) is 0 Å². The molecule has 0 radical (unpaired) electrons. The van der Waals surface area contributed by atoms with E-state index in [1.165, 1.54) is 6.08 Å². The first-order chi connectivity index (χ1) is 13.0. The second-order valence-corrected chi connectivity index (χ2v) is 6.82. The van der Waals surface area contributed by atoms with Gasteiger partial charge in [0.2, 0.25) is 0 Å². The maximum Gasteiger partial charge on any atom is 0.308 e. The first-order valence-corrected chi connectivity index (χ1v) is 8.79. The molecule has 0 saturated carbocycles. The predicted molar refractivity (Wildman–Crippen MR) is 105 cm³/mol. The Hall–Kier alpha value is -2.96. The van der Waals surface area contributed by atoms with Gasteiger partial charge in [-0.2, -0.15) is 0 Å². The standard InChI is InChI=1S/C21H23N3O3/c1-23-13-18(19(14-23)21(26)27)16-10-7-15(8-11-16)9-12-20(25)24(22)17-5-3-2-4-6-17/h2-12,18-19H,13-14,22H2,1H3,(H,26,27)/t18-,19+/m1/s1. The highest BCUT2D eigenvalue weighted by atomic mass is 16.4. The molecule has 1 fully saturated rings. The van der Waals surface area contributed by atoms with Crippen molar-refractivity contribution in [3.63, 3.8) is 0 Å². The van der Waals surface area contributed by atoms with Crippen LogP contribution in [0.25, 0.3) is 6.08 Å². The smallest absolute Gasteiger partial charge is 0.308 e. The van der Waals surface area contributed by atoms with Gasteiger partial charge < -0.3 is 10.0 Å². The predicted octanol–water partition coefficient (Wildman–Crippen LogP) is 2.34. The fourth-order valence-corrected chi connectivity index (χ4v) is 3.41. The number of nitrogens with two attached hydrogens (primary N) is 1. The van der Waals surface area contributed by atoms with Crippen molar-refractivity contribution in [3.05, 3.63) is 71.8 Å². The normalized spacial score (nSPS) is 20.1. The highest BCUT2D eigenvalue weighted by Gasteiger charge is 2.36. The highest BCUT2D eigenvalue weighted by Crippen LogP contribution is 2.32. The third kappa shape index (κ3) is 4.42. The zero-order valence-corrected chi connectivity index (χ0v) is 15.2. The molecule has 3 N–H and O–H groups in total. The van der Waals surface area contributed by atoms with Crippen LogP contribution in [0.5, 0.6) is 0 Å². The van der Waals surface area contributed by atoms with Gasteiger partial charge in [-0.15, -0.1) is 0 Å². The number of para-hydroxylation sites is 1. The fourth-order valence-electron chi connectivity index (χ4n) is 3.41. The van der Waals surface area contributed by atoms with Crippen LogP contribution in [-0.4, -0.2) is 42.0 Å². The van der Waals surface area contributed by atoms with Gasteiger partial charge in [-0.3, -0.25) is 9.59 Å². The van der Waals surface area contributed by atoms with E-state index < -0.39 is 11.9 Å². The second kappa shape index (κ2) is 8.16. The van der Waals surface area contributed by atoms with Crippen molar-refractivity contribution in [1.82, 2.24) is 4.90 Å². The lowest BCUT2D eigenvalue weighted by atomic mass is 9.88. The molecule has 140 valence electrons. The van der Waals surface area contributed by atoms with Gasteiger partial charge in [0, 0.05) is 25.1 Å². The Balaban J connectivity index is 1.68. The number of hydrogen-bond donors (Lipinski definition) is 2. The Morgan fingerprint density at radius 1 is 1.11 bits per heavy atom. The summed E-state index contributed by atoms with van der Waals surface area (Å²) in [6.07, 6.45) is 3.12. The average molecular weight is 365 g/mol. The number of anilines is 1. The Kier molecular flexibility index (Phi) is 5.69. The molecule has 0 aliphatic carbocycles. The van der Waals surface area contributed by atoms with E-state index in [9.17, 15) is 14.7 Å². The molecule has 0 aromatic heterocycles. The van der Waals surface area contributed by atoms with Crippen LogP contribution in [0, 0.1) is 5.92 Å². The fraction of sp³-hybridized carbons (Fsp3) is 0.238. The van der Waals surface area contributed by atoms with E-state index in [-0.39, 0.29) is 11.8 Å². The molecule has 6 nitrogen and oxygen atoms in total. The van der Waals surface area contributed by atoms with E-state index in [2.05, 4.69) is 0 Å². The Morgan fingerprint density at radius 2 is 1.78 bits per heavy atom. The van der Waals surface area contributed by atoms with E-state index in [1.54, 1.807) is 18.2 Å². The molecular formula is C21H23N3O3. The maximum atomic E-state index is 12.2. The summed E-state index contributed by atoms with van der Waals surface area (Å²) in [4.78, 5) is 25.7. The van der Waals surface area contributed by atoms with Crippen molar-refractivity contribution in [2.24, 2.45) is 11.8 Å². The summed E-state index contributed by atoms with van der Waals surface area (Å²) in [7, 11) is 1.93. The lowest BCUT2D eigenvalue weighted by Gasteiger charge is -2.15. The second-order valence-electron chi connectivity index (χ2n) is 6.82. The van der Waals surface area contributed by atoms with Gasteiger partial charge in [0.1, 0.15) is 0 Å². The van der Waals surface area contributed by atoms with Crippen molar-refractivity contribution >= 4 is 23.6 Å². The minimum absolute atomic E-state index is 0.0234. The summed E-state index contributed by atoms with van der Waals surface area (Å²) >= 11 is 0. The van der Waals surface area contributed by atoms with Crippen molar-refractivity contribution < 1.29 is 14.7 Å². The lowest BCUT2D eigenvalue weighted by molar-refractivity contribution is -0.141. The van der Waals surface area contributed by atoms with Gasteiger partial charge in [-0.25, -0.2) is 10.9 Å². The number of nitrogens with zero attached hydrogens (tertiary/aromatic N) is 2. The number of hydrazine groups is 1. The number of aliphatic carboxylic acids is 1. The number of carbonyl (C=O) groups excluding carboxylic acids is 1. The van der Waals surface area contributed by atoms with Gasteiger partial charge in [0.25, 0.3) is 5.91 Å². The number of benzene rings is 2. The molecule has 1 saturated heterocycles. The molecule has 0 unspecified atom stereocenters. The third-order valence-electron chi connectivity index (χ3n) is 4.87. The molecule has 1 heterocycles. The van der Waals surface area contributed by atoms with Gasteiger partial charge in [-0.05, 0) is 36.4 Å². The van der Waals surface area contributed by atoms with Crippen LogP contribution in [0.15, 0.2) is 60.7 Å². The summed E-state index contributed by atoms with van der Waals surface area (Å²) in [5, 5.41) is 10.5. The van der Waals surface area contributed by atoms with Gasteiger partial charge >= 0.3 is 5.97 Å². The molecule has 0 spiro atoms. The van der Waals surface area contributed by atoms with Crippen LogP contribution in [0.2, 0.25) is 0 Å². The molecule has 3 rings (SSSR count). The summed E-state index contributed by atoms with van der Waals surface area (Å²) < 4.78 is 0. The van der Waals surface area contributed by atoms with Gasteiger partial charge in [0.05, 0.1) is 11.6 Å². The number of amides is 1. The number of likely N-dealkylation sites (N-methyl/N-ethyl adjacent to an activating group) is 1. The molecule has 2 aromatic carbocycles. The Labute approximate surface area is 158 Å². The van der Waals surface area contributed by atoms with E-state index >= 15 is 0 Å². The molecule has 0 bridgehead atoms. The quantitative estimate of drug-likeness (QED) is 0.368. The summed E-state index contributed by atoms with van der Waals surface area (Å²) in [5.74, 6) is 4.33. The van der Waals surface area contributed by atoms with E-state index in [1.807, 2.05) is 54.4 Å². The summed E-state index contributed by atoms with van der Waals surface area (Å²) in [5.41, 5.74) is 2.47. The van der Waals surface area contributed by atoms with Crippen LogP contribution < -0.4 is 10.9 Å². The highest BCUT2D eigenvalue weighted by molar-refractivity contribution is 6.02. The van der Waals surface area contributed by atoms with Crippen molar-refractivity contribution in [2.45, 2.75) is 5.92 Å². The maximum absolute atomic E-state index is 12.2. The van der Waals surface area contributed by atoms with E-state index in [0.29, 0.717) is 12.2 Å². The van der Waals surface area contributed by atoms with Crippen LogP contribution in [-0.2, 0) is 9.59 Å². The molecule has 6 heteroatoms. The minimum Gasteiger partial charge on any atom is -0.481 e. The molecule has 2 aromatic rings. The molecule has 27 heavy (non-hydrogen) atoms. The zero-order valence-electron chi connectivity index (χ0n) is 15.2. The van der Waals surface area contributed by atoms with Crippen molar-refractivity contribution in [3.8, 4) is 0 Å². The molecular weight excluding hydrogens is 342 g/mol. The van der Waals surface area contributed by atoms with Crippen LogP contribution in [0.4, 0.5) is 5.69 Å². The van der Waals surface area contributed by atoms with E-state index in [0.717, 1.165) is 22.7 Å². The lowest BCUT2D eigenvalue weighted by Crippen LogP contribution is -2.36. The number of hydrogen-bond acceptors (Lipinski definition) is 4. The number of rotatable bonds is 5. The van der Waals surface area contributed by atoms with Crippen LogP contribution in [0.3, 0.4) is 0 Å². The Morgan fingerprint density at radius 3 is 2.41 bits per heavy atom. The number of likely N-dealkylation sites (tertiary alicyclic amines) is 1. The van der Waals surface area contributed by atoms with Crippen molar-refractivity contribution in [2.75, 3.05) is 25.1 Å². The molecule has 1 aliphatic rings. The SMILES string of the molecule is CN1C[C@H](C(=O)O)[C@@H](c2ccc(C=CC(=O)N(N)c3ccccc3)cc2)C1. The average Bonchev–Trinajstić information content (AvgIpc) is 3.08. The largest absolute Gasteiger partial charge is 0.481 e. The van der Waals surface area contributed by atoms with Gasteiger partial charge in [-0.1, -0.05) is 42.5 Å². The third-order valence-corrected chi connectivity index (χ3v) is 4.87. The van der Waals surface area contributed by atoms with Crippen LogP contribution in [0.1, 0.15) is 17.0 Å². The molecule has 1 amide bonds. The number of carboxylic acids is 1. The Bertz CT molecular complexity index is 834. The monoisotopic (exact) mass is 365 g/mol. The van der Waals surface area contributed by atoms with Crippen LogP contribution >= 0.6 is 0 Å². The summed E-state index contributed by atoms with van der Waals surface area (Å²) in [6.45, 7) is 1.28. The topological polar surface area (TPSA) is 86.9 Å². The van der Waals surface area contributed by atoms with Crippen molar-refractivity contribution in [1.29, 1.82) is 0 Å². The first-order valence-electron chi connectivity index (χ1n) is 8.79. The number of carbonyl (C=O) groups is 2. The number of carboxylic acid groups (broad SMARTS) is 1. The minimum atomic E-state index is -0.761. The molecule has 2 atom stereocenters. The van der Waals surface area contributed by atoms with E-state index in [4.69, 9.17) is 5.84 Å². The summed E-state index contributed by atoms with van der Waals surface area (Å²) in [6, 6.07) is 16.7. The first kappa shape index (κ1) is 18.8.